The van der Waals surface area contributed by atoms with Crippen molar-refractivity contribution in [2.75, 3.05) is 55.9 Å². The van der Waals surface area contributed by atoms with E-state index in [1.54, 1.807) is 65.8 Å². The van der Waals surface area contributed by atoms with Crippen molar-refractivity contribution in [3.63, 3.8) is 0 Å². The van der Waals surface area contributed by atoms with Crippen molar-refractivity contribution in [1.82, 2.24) is 55.6 Å². The molecule has 0 unspecified atom stereocenters. The standard InChI is InChI=1S/C67H112ClN11O12/c1-24-48-63(87)73(17)36-53(80)74(18)49(32-37(2)3)60(84)72-54(41(10)11)66(90)75(19)50(33-38(4)5)59(83)69-44(15)58(82)70-45(16)62(86)76(20)51(34-39(6)7)64(88)77(21)52(35-40(8)9)65(89)78(22)55(42(12)13)67(91)79(23)56(61(85)71-48)57(81)43(14)28-27-30-46-29-25-26-31-47(46)68/h25-27,29-31,37-45,48-52,54-57,81H,24,28,32-36H2,1-23H3,(H,69,83)(H,70,82)(H,71,85)(H,72,84)/b30-27+/t43-,44+,45-,48+,49+,50+,51+,52+,54+,55+,56+,57-/m1/s1. The van der Waals surface area contributed by atoms with Gasteiger partial charge in [-0.15, -0.1) is 0 Å². The van der Waals surface area contributed by atoms with Crippen molar-refractivity contribution in [2.24, 2.45) is 41.4 Å². The van der Waals surface area contributed by atoms with E-state index >= 15 is 19.2 Å². The van der Waals surface area contributed by atoms with Gasteiger partial charge in [-0.3, -0.25) is 52.7 Å². The van der Waals surface area contributed by atoms with Crippen LogP contribution in [0.1, 0.15) is 155 Å². The molecule has 514 valence electrons. The van der Waals surface area contributed by atoms with E-state index in [0.29, 0.717) is 10.6 Å². The van der Waals surface area contributed by atoms with Crippen LogP contribution in [0.5, 0.6) is 0 Å². The van der Waals surface area contributed by atoms with Crippen molar-refractivity contribution in [3.8, 4) is 0 Å². The second kappa shape index (κ2) is 36.6. The summed E-state index contributed by atoms with van der Waals surface area (Å²) >= 11 is 6.44. The van der Waals surface area contributed by atoms with Crippen LogP contribution in [-0.2, 0) is 52.7 Å². The third-order valence-corrected chi connectivity index (χ3v) is 17.4. The average Bonchev–Trinajstić information content (AvgIpc) is 0.880. The van der Waals surface area contributed by atoms with Crippen molar-refractivity contribution < 1.29 is 57.8 Å². The van der Waals surface area contributed by atoms with E-state index < -0.39 is 156 Å². The second-order valence-electron chi connectivity index (χ2n) is 27.4. The summed E-state index contributed by atoms with van der Waals surface area (Å²) in [4.78, 5) is 170. The fourth-order valence-electron chi connectivity index (χ4n) is 11.4. The lowest BCUT2D eigenvalue weighted by atomic mass is 9.91. The van der Waals surface area contributed by atoms with Gasteiger partial charge in [0.05, 0.1) is 12.6 Å². The first-order valence-electron chi connectivity index (χ1n) is 32.3. The van der Waals surface area contributed by atoms with E-state index in [-0.39, 0.29) is 62.2 Å². The highest BCUT2D eigenvalue weighted by Gasteiger charge is 2.46. The van der Waals surface area contributed by atoms with E-state index in [0.717, 1.165) is 9.80 Å². The minimum absolute atomic E-state index is 0.00292. The molecule has 24 heteroatoms. The topological polar surface area (TPSA) is 279 Å². The molecule has 1 aromatic rings. The van der Waals surface area contributed by atoms with Crippen molar-refractivity contribution >= 4 is 82.7 Å². The summed E-state index contributed by atoms with van der Waals surface area (Å²) in [7, 11) is 9.88. The Morgan fingerprint density at radius 1 is 0.495 bits per heavy atom. The van der Waals surface area contributed by atoms with Gasteiger partial charge in [0.2, 0.25) is 65.0 Å². The molecular weight excluding hydrogens is 1190 g/mol. The monoisotopic (exact) mass is 1300 g/mol. The molecule has 0 aromatic heterocycles. The van der Waals surface area contributed by atoms with Crippen molar-refractivity contribution in [3.05, 3.63) is 40.9 Å². The Morgan fingerprint density at radius 2 is 0.934 bits per heavy atom. The maximum Gasteiger partial charge on any atom is 0.246 e. The Kier molecular flexibility index (Phi) is 32.3. The zero-order valence-corrected chi connectivity index (χ0v) is 59.5. The van der Waals surface area contributed by atoms with Gasteiger partial charge in [0.25, 0.3) is 0 Å². The number of benzene rings is 1. The molecule has 91 heavy (non-hydrogen) atoms. The summed E-state index contributed by atoms with van der Waals surface area (Å²) in [5.41, 5.74) is 0.707. The van der Waals surface area contributed by atoms with Crippen LogP contribution in [-0.4, -0.2) is 227 Å². The number of carbonyl (C=O) groups is 11. The summed E-state index contributed by atoms with van der Waals surface area (Å²) in [5.74, 6) is -10.1. The van der Waals surface area contributed by atoms with Crippen LogP contribution in [0.15, 0.2) is 30.3 Å². The number of nitrogens with one attached hydrogen (secondary N) is 4. The molecule has 1 aliphatic heterocycles. The Morgan fingerprint density at radius 3 is 1.42 bits per heavy atom. The Hall–Kier alpha value is -6.62. The van der Waals surface area contributed by atoms with E-state index in [1.165, 1.54) is 87.7 Å². The fraction of sp³-hybridized carbons (Fsp3) is 0.716. The smallest absolute Gasteiger partial charge is 0.246 e. The molecule has 11 amide bonds. The van der Waals surface area contributed by atoms with Gasteiger partial charge >= 0.3 is 0 Å². The molecule has 5 N–H and O–H groups in total. The maximum absolute atomic E-state index is 15.3. The van der Waals surface area contributed by atoms with Gasteiger partial charge in [0, 0.05) is 54.4 Å². The molecule has 2 rings (SSSR count). The fourth-order valence-corrected chi connectivity index (χ4v) is 11.5. The minimum Gasteiger partial charge on any atom is -0.390 e. The summed E-state index contributed by atoms with van der Waals surface area (Å²) in [6, 6.07) is -5.42. The van der Waals surface area contributed by atoms with Crippen LogP contribution in [0.25, 0.3) is 6.08 Å². The van der Waals surface area contributed by atoms with Gasteiger partial charge in [-0.2, -0.15) is 0 Å². The van der Waals surface area contributed by atoms with Crippen molar-refractivity contribution in [2.45, 2.75) is 216 Å². The number of aliphatic hydroxyl groups is 1. The van der Waals surface area contributed by atoms with Gasteiger partial charge in [0.15, 0.2) is 0 Å². The normalized spacial score (nSPS) is 25.9. The van der Waals surface area contributed by atoms with Gasteiger partial charge in [-0.05, 0) is 105 Å². The van der Waals surface area contributed by atoms with Crippen LogP contribution in [0.2, 0.25) is 5.02 Å². The summed E-state index contributed by atoms with van der Waals surface area (Å²) in [5, 5.41) is 23.9. The molecular formula is C67H112ClN11O12. The number of amides is 11. The maximum atomic E-state index is 15.3. The largest absolute Gasteiger partial charge is 0.390 e. The van der Waals surface area contributed by atoms with Gasteiger partial charge in [-0.1, -0.05) is 139 Å². The molecule has 0 radical (unpaired) electrons. The lowest BCUT2D eigenvalue weighted by Gasteiger charge is -2.41. The Bertz CT molecular complexity index is 2700. The predicted molar refractivity (Wildman–Crippen MR) is 354 cm³/mol. The minimum atomic E-state index is -1.68. The quantitative estimate of drug-likeness (QED) is 0.145. The third kappa shape index (κ3) is 22.6. The van der Waals surface area contributed by atoms with Crippen LogP contribution in [0.3, 0.4) is 0 Å². The predicted octanol–water partition coefficient (Wildman–Crippen LogP) is 5.06. The molecule has 23 nitrogen and oxygen atoms in total. The molecule has 0 aliphatic carbocycles. The third-order valence-electron chi connectivity index (χ3n) is 17.0. The highest BCUT2D eigenvalue weighted by atomic mass is 35.5. The number of halogens is 1. The Balaban J connectivity index is 3.00. The molecule has 1 saturated heterocycles. The molecule has 0 spiro atoms. The number of carbonyl (C=O) groups excluding carboxylic acids is 11. The number of rotatable bonds is 16. The number of allylic oxidation sites excluding steroid dienone is 1. The first-order valence-corrected chi connectivity index (χ1v) is 32.7. The van der Waals surface area contributed by atoms with Gasteiger partial charge < -0.3 is 60.7 Å². The molecule has 1 aliphatic rings. The number of nitrogens with zero attached hydrogens (tertiary/aromatic N) is 7. The van der Waals surface area contributed by atoms with Crippen LogP contribution >= 0.6 is 11.6 Å². The molecule has 0 bridgehead atoms. The lowest BCUT2D eigenvalue weighted by Crippen LogP contribution is -2.63. The Labute approximate surface area is 547 Å². The SMILES string of the molecule is CC[C@@H]1NC(=O)[C@H]([C@H](O)[C@H](C)C/C=C/c2ccccc2Cl)N(C)C(=O)[C@H](C(C)C)N(C)C(=O)[C@H](CC(C)C)N(C)C(=O)[C@H](CC(C)C)N(C)C(=O)[C@@H](C)NC(=O)[C@H](C)NC(=O)[C@H](CC(C)C)N(C)C(=O)[C@H](C(C)C)NC(=O)[C@H](CC(C)C)N(C)C(=O)CN(C)C1=O. The molecule has 1 fully saturated rings. The average molecular weight is 1300 g/mol. The molecule has 1 aromatic carbocycles. The zero-order valence-electron chi connectivity index (χ0n) is 58.8. The van der Waals surface area contributed by atoms with E-state index in [9.17, 15) is 38.7 Å². The number of aliphatic hydroxyl groups excluding tert-OH is 1. The van der Waals surface area contributed by atoms with Crippen LogP contribution < -0.4 is 21.3 Å². The highest BCUT2D eigenvalue weighted by molar-refractivity contribution is 6.32. The van der Waals surface area contributed by atoms with Crippen molar-refractivity contribution in [1.29, 1.82) is 0 Å². The van der Waals surface area contributed by atoms with E-state index in [4.69, 9.17) is 11.6 Å². The summed E-state index contributed by atoms with van der Waals surface area (Å²) in [6.07, 6.45) is 2.73. The van der Waals surface area contributed by atoms with E-state index in [2.05, 4.69) is 21.3 Å². The van der Waals surface area contributed by atoms with E-state index in [1.807, 2.05) is 67.5 Å². The summed E-state index contributed by atoms with van der Waals surface area (Å²) in [6.45, 7) is 27.4. The highest BCUT2D eigenvalue weighted by Crippen LogP contribution is 2.26. The van der Waals surface area contributed by atoms with Gasteiger partial charge in [0.1, 0.15) is 60.4 Å². The number of hydrogen-bond acceptors (Lipinski definition) is 12. The lowest BCUT2D eigenvalue weighted by molar-refractivity contribution is -0.157. The zero-order chi connectivity index (χ0) is 70.0. The first-order chi connectivity index (χ1) is 42.1. The van der Waals surface area contributed by atoms with Gasteiger partial charge in [-0.25, -0.2) is 0 Å². The number of likely N-dealkylation sites (N-methyl/N-ethyl adjacent to an activating group) is 7. The molecule has 1 heterocycles. The summed E-state index contributed by atoms with van der Waals surface area (Å²) < 4.78 is 0. The van der Waals surface area contributed by atoms with Crippen LogP contribution in [0.4, 0.5) is 0 Å². The van der Waals surface area contributed by atoms with Crippen LogP contribution in [0, 0.1) is 41.4 Å². The second-order valence-corrected chi connectivity index (χ2v) is 27.9. The molecule has 0 saturated carbocycles. The molecule has 12 atom stereocenters. The first kappa shape index (κ1) is 80.5. The number of hydrogen-bond donors (Lipinski definition) is 5.